The topological polar surface area (TPSA) is 68.9 Å². The average molecular weight is 334 g/mol. The van der Waals surface area contributed by atoms with Crippen molar-refractivity contribution in [3.05, 3.63) is 42.0 Å². The van der Waals surface area contributed by atoms with Crippen LogP contribution in [0.4, 0.5) is 24.8 Å². The molecule has 6 nitrogen and oxygen atoms in total. The van der Waals surface area contributed by atoms with E-state index in [9.17, 15) is 13.2 Å². The number of nitrogens with zero attached hydrogens (tertiary/aromatic N) is 6. The summed E-state index contributed by atoms with van der Waals surface area (Å²) in [5.41, 5.74) is -0.457. The third kappa shape index (κ3) is 3.37. The average Bonchev–Trinajstić information content (AvgIpc) is 2.61. The lowest BCUT2D eigenvalue weighted by Gasteiger charge is -2.36. The zero-order chi connectivity index (χ0) is 17.2. The van der Waals surface area contributed by atoms with E-state index in [1.54, 1.807) is 17.0 Å². The van der Waals surface area contributed by atoms with Crippen LogP contribution < -0.4 is 9.80 Å². The van der Waals surface area contributed by atoms with E-state index in [-0.39, 0.29) is 5.82 Å². The van der Waals surface area contributed by atoms with Crippen LogP contribution in [0.5, 0.6) is 0 Å². The summed E-state index contributed by atoms with van der Waals surface area (Å²) in [6.07, 6.45) is -2.04. The van der Waals surface area contributed by atoms with Crippen LogP contribution in [-0.4, -0.2) is 41.1 Å². The number of anilines is 2. The lowest BCUT2D eigenvalue weighted by molar-refractivity contribution is -0.141. The summed E-state index contributed by atoms with van der Waals surface area (Å²) in [4.78, 5) is 15.3. The van der Waals surface area contributed by atoms with Crippen molar-refractivity contribution in [2.24, 2.45) is 0 Å². The molecule has 0 bridgehead atoms. The molecule has 124 valence electrons. The predicted octanol–water partition coefficient (Wildman–Crippen LogP) is 2.09. The zero-order valence-electron chi connectivity index (χ0n) is 12.5. The number of alkyl halides is 3. The molecule has 1 fully saturated rings. The minimum atomic E-state index is -4.48. The lowest BCUT2D eigenvalue weighted by atomic mass is 10.2. The number of halogens is 3. The highest BCUT2D eigenvalue weighted by Gasteiger charge is 2.33. The highest BCUT2D eigenvalue weighted by Crippen LogP contribution is 2.29. The molecule has 1 saturated heterocycles. The highest BCUT2D eigenvalue weighted by molar-refractivity contribution is 5.46. The third-order valence-electron chi connectivity index (χ3n) is 3.75. The van der Waals surface area contributed by atoms with E-state index in [2.05, 4.69) is 15.0 Å². The minimum Gasteiger partial charge on any atom is -0.353 e. The Hall–Kier alpha value is -2.89. The van der Waals surface area contributed by atoms with Crippen LogP contribution in [0.3, 0.4) is 0 Å². The van der Waals surface area contributed by atoms with Crippen molar-refractivity contribution in [1.82, 2.24) is 15.0 Å². The highest BCUT2D eigenvalue weighted by atomic mass is 19.4. The van der Waals surface area contributed by atoms with Crippen LogP contribution in [0, 0.1) is 11.3 Å². The molecule has 0 amide bonds. The number of piperazine rings is 1. The fraction of sp³-hybridized carbons (Fsp3) is 0.333. The number of hydrogen-bond acceptors (Lipinski definition) is 6. The Morgan fingerprint density at radius 1 is 0.958 bits per heavy atom. The van der Waals surface area contributed by atoms with E-state index < -0.39 is 11.9 Å². The van der Waals surface area contributed by atoms with Crippen molar-refractivity contribution in [3.8, 4) is 6.07 Å². The molecule has 2 aromatic heterocycles. The Balaban J connectivity index is 1.68. The van der Waals surface area contributed by atoms with Crippen LogP contribution in [0.2, 0.25) is 0 Å². The molecule has 0 unspecified atom stereocenters. The number of rotatable bonds is 2. The van der Waals surface area contributed by atoms with Gasteiger partial charge in [0.1, 0.15) is 29.7 Å². The monoisotopic (exact) mass is 334 g/mol. The van der Waals surface area contributed by atoms with Gasteiger partial charge in [-0.25, -0.2) is 15.0 Å². The molecule has 0 aromatic carbocycles. The Labute approximate surface area is 136 Å². The van der Waals surface area contributed by atoms with Gasteiger partial charge in [-0.15, -0.1) is 0 Å². The Morgan fingerprint density at radius 2 is 1.62 bits per heavy atom. The van der Waals surface area contributed by atoms with Gasteiger partial charge in [-0.1, -0.05) is 0 Å². The molecule has 0 aliphatic carbocycles. The van der Waals surface area contributed by atoms with Crippen molar-refractivity contribution >= 4 is 11.6 Å². The number of pyridine rings is 1. The van der Waals surface area contributed by atoms with Gasteiger partial charge in [-0.05, 0) is 12.1 Å². The summed E-state index contributed by atoms with van der Waals surface area (Å²) in [6.45, 7) is 2.25. The standard InChI is InChI=1S/C15H13F3N6/c16-15(17,18)12-7-14(22-10-21-12)24-5-3-23(4-6-24)13-2-1-11(8-19)9-20-13/h1-2,7,9-10H,3-6H2. The fourth-order valence-electron chi connectivity index (χ4n) is 2.48. The Morgan fingerprint density at radius 3 is 2.17 bits per heavy atom. The summed E-state index contributed by atoms with van der Waals surface area (Å²) >= 11 is 0. The van der Waals surface area contributed by atoms with Crippen LogP contribution in [0.1, 0.15) is 11.3 Å². The van der Waals surface area contributed by atoms with Crippen molar-refractivity contribution in [2.75, 3.05) is 36.0 Å². The molecule has 1 aliphatic heterocycles. The van der Waals surface area contributed by atoms with Crippen LogP contribution in [0.25, 0.3) is 0 Å². The normalized spacial score (nSPS) is 15.2. The van der Waals surface area contributed by atoms with Crippen LogP contribution >= 0.6 is 0 Å². The number of nitriles is 1. The quantitative estimate of drug-likeness (QED) is 0.838. The molecular formula is C15H13F3N6. The van der Waals surface area contributed by atoms with Gasteiger partial charge in [0.2, 0.25) is 0 Å². The molecule has 3 heterocycles. The summed E-state index contributed by atoms with van der Waals surface area (Å²) in [7, 11) is 0. The second-order valence-corrected chi connectivity index (χ2v) is 5.25. The third-order valence-corrected chi connectivity index (χ3v) is 3.75. The maximum absolute atomic E-state index is 12.7. The molecule has 2 aromatic rings. The van der Waals surface area contributed by atoms with Crippen molar-refractivity contribution in [3.63, 3.8) is 0 Å². The van der Waals surface area contributed by atoms with Gasteiger partial charge in [0.15, 0.2) is 0 Å². The van der Waals surface area contributed by atoms with Gasteiger partial charge >= 0.3 is 6.18 Å². The van der Waals surface area contributed by atoms with E-state index >= 15 is 0 Å². The summed E-state index contributed by atoms with van der Waals surface area (Å²) < 4.78 is 38.2. The molecule has 0 spiro atoms. The Bertz CT molecular complexity index is 745. The molecule has 9 heteroatoms. The molecule has 3 rings (SSSR count). The first-order valence-corrected chi connectivity index (χ1v) is 7.22. The van der Waals surface area contributed by atoms with Crippen molar-refractivity contribution in [1.29, 1.82) is 5.26 Å². The lowest BCUT2D eigenvalue weighted by Crippen LogP contribution is -2.47. The molecular weight excluding hydrogens is 321 g/mol. The van der Waals surface area contributed by atoms with Gasteiger partial charge in [0, 0.05) is 38.4 Å². The summed E-state index contributed by atoms with van der Waals surface area (Å²) in [5, 5.41) is 8.78. The summed E-state index contributed by atoms with van der Waals surface area (Å²) in [5.74, 6) is 1.01. The minimum absolute atomic E-state index is 0.268. The van der Waals surface area contributed by atoms with Crippen LogP contribution in [0.15, 0.2) is 30.7 Å². The zero-order valence-corrected chi connectivity index (χ0v) is 12.5. The molecule has 0 N–H and O–H groups in total. The largest absolute Gasteiger partial charge is 0.433 e. The first-order valence-electron chi connectivity index (χ1n) is 7.22. The molecule has 24 heavy (non-hydrogen) atoms. The van der Waals surface area contributed by atoms with E-state index in [0.717, 1.165) is 18.2 Å². The number of hydrogen-bond donors (Lipinski definition) is 0. The maximum atomic E-state index is 12.7. The molecule has 0 radical (unpaired) electrons. The smallest absolute Gasteiger partial charge is 0.353 e. The van der Waals surface area contributed by atoms with Gasteiger partial charge in [0.05, 0.1) is 5.56 Å². The van der Waals surface area contributed by atoms with E-state index in [1.165, 1.54) is 6.20 Å². The second kappa shape index (κ2) is 6.31. The number of aromatic nitrogens is 3. The molecule has 0 saturated carbocycles. The molecule has 1 aliphatic rings. The second-order valence-electron chi connectivity index (χ2n) is 5.25. The van der Waals surface area contributed by atoms with E-state index in [4.69, 9.17) is 5.26 Å². The van der Waals surface area contributed by atoms with Gasteiger partial charge < -0.3 is 9.80 Å². The maximum Gasteiger partial charge on any atom is 0.433 e. The Kier molecular flexibility index (Phi) is 4.20. The predicted molar refractivity (Wildman–Crippen MR) is 80.4 cm³/mol. The van der Waals surface area contributed by atoms with Crippen molar-refractivity contribution < 1.29 is 13.2 Å². The van der Waals surface area contributed by atoms with Crippen LogP contribution in [-0.2, 0) is 6.18 Å². The van der Waals surface area contributed by atoms with Crippen molar-refractivity contribution in [2.45, 2.75) is 6.18 Å². The summed E-state index contributed by atoms with van der Waals surface area (Å²) in [6, 6.07) is 6.43. The van der Waals surface area contributed by atoms with E-state index in [1.807, 2.05) is 11.0 Å². The van der Waals surface area contributed by atoms with E-state index in [0.29, 0.717) is 31.7 Å². The van der Waals surface area contributed by atoms with Gasteiger partial charge in [0.25, 0.3) is 0 Å². The molecule has 0 atom stereocenters. The van der Waals surface area contributed by atoms with Gasteiger partial charge in [-0.3, -0.25) is 0 Å². The van der Waals surface area contributed by atoms with Gasteiger partial charge in [-0.2, -0.15) is 18.4 Å². The first kappa shape index (κ1) is 16.0. The first-order chi connectivity index (χ1) is 11.5. The fourth-order valence-corrected chi connectivity index (χ4v) is 2.48. The SMILES string of the molecule is N#Cc1ccc(N2CCN(c3cc(C(F)(F)F)ncn3)CC2)nc1.